The Kier molecular flexibility index (Phi) is 9.44. The number of ketones is 1. The van der Waals surface area contributed by atoms with Gasteiger partial charge in [-0.3, -0.25) is 28.8 Å². The van der Waals surface area contributed by atoms with Crippen LogP contribution in [0.3, 0.4) is 0 Å². The number of furan rings is 1. The van der Waals surface area contributed by atoms with E-state index in [0.29, 0.717) is 28.6 Å². The third kappa shape index (κ3) is 6.88. The molecule has 4 amide bonds. The summed E-state index contributed by atoms with van der Waals surface area (Å²) in [5.41, 5.74) is 1.27. The molecule has 4 saturated carbocycles. The summed E-state index contributed by atoms with van der Waals surface area (Å²) in [6.07, 6.45) is 13.3. The Hall–Kier alpha value is -4.48. The highest BCUT2D eigenvalue weighted by molar-refractivity contribution is 6.36. The Morgan fingerprint density at radius 3 is 2.69 bits per heavy atom. The Balaban J connectivity index is 1.14. The van der Waals surface area contributed by atoms with E-state index in [1.807, 2.05) is 6.08 Å². The predicted molar refractivity (Wildman–Crippen MR) is 178 cm³/mol. The summed E-state index contributed by atoms with van der Waals surface area (Å²) in [4.78, 5) is 77.8. The molecule has 2 aromatic heterocycles. The van der Waals surface area contributed by atoms with Crippen LogP contribution < -0.4 is 26.8 Å². The molecule has 5 aliphatic rings. The number of rotatable bonds is 11. The van der Waals surface area contributed by atoms with Crippen LogP contribution in [0.25, 0.3) is 6.08 Å². The second kappa shape index (κ2) is 13.6. The van der Waals surface area contributed by atoms with Crippen LogP contribution in [-0.2, 0) is 32.1 Å². The Bertz CT molecular complexity index is 1720. The number of anilines is 1. The van der Waals surface area contributed by atoms with Gasteiger partial charge in [0.1, 0.15) is 24.0 Å². The number of pyridine rings is 1. The number of carbonyl (C=O) groups is 5. The summed E-state index contributed by atoms with van der Waals surface area (Å²) in [6, 6.07) is 1.81. The summed E-state index contributed by atoms with van der Waals surface area (Å²) in [6.45, 7) is 3.96. The first kappa shape index (κ1) is 33.4. The van der Waals surface area contributed by atoms with Gasteiger partial charge >= 0.3 is 0 Å². The van der Waals surface area contributed by atoms with Crippen molar-refractivity contribution in [3.05, 3.63) is 57.4 Å². The number of hydrogen-bond donors (Lipinski definition) is 4. The normalized spacial score (nSPS) is 25.8. The smallest absolute Gasteiger partial charge is 0.287 e. The van der Waals surface area contributed by atoms with Gasteiger partial charge in [0, 0.05) is 36.8 Å². The topological polar surface area (TPSA) is 169 Å². The predicted octanol–water partition coefficient (Wildman–Crippen LogP) is 3.26. The standard InChI is InChI=1S/C36H45N5O7/c1-20-24-7-4-5-9-28(24)48-31(20)34(46)38-25(10-11-27(42)33(45)37-3)32(44)39-26-8-6-14-41(35(26)47)19-29(43)40-30-22-12-13-36(2)17-21(15-22)16-23(30)18-36/h5-6,8-9,14,21-23,25,30H,4,7,10-13,15-19H2,1-3H3,(H,37,45)(H,38,46)(H,39,44)(H,40,43)/t21?,22?,23?,25-,30?,36?/m0/s1. The SMILES string of the molecule is CNC(=O)C(=O)CC[C@H](NC(=O)c1oc2c(c1C)CCC=C2)C(=O)Nc1cccn(CC(=O)NC2C3CCC4(C)CC(C3)CC2C4)c1=O. The van der Waals surface area contributed by atoms with Gasteiger partial charge in [0.15, 0.2) is 5.76 Å². The summed E-state index contributed by atoms with van der Waals surface area (Å²) in [5.74, 6) is -0.930. The number of Topliss-reactive ketones (excluding diaryl/α,β-unsaturated/α-hetero) is 1. The minimum atomic E-state index is -1.28. The van der Waals surface area contributed by atoms with Gasteiger partial charge in [-0.2, -0.15) is 0 Å². The van der Waals surface area contributed by atoms with Gasteiger partial charge in [-0.05, 0) is 106 Å². The van der Waals surface area contributed by atoms with E-state index in [4.69, 9.17) is 4.42 Å². The Morgan fingerprint density at radius 2 is 1.92 bits per heavy atom. The van der Waals surface area contributed by atoms with Crippen LogP contribution in [0.4, 0.5) is 5.69 Å². The summed E-state index contributed by atoms with van der Waals surface area (Å²) in [7, 11) is 1.33. The molecular weight excluding hydrogens is 614 g/mol. The van der Waals surface area contributed by atoms with Crippen molar-refractivity contribution < 1.29 is 28.4 Å². The third-order valence-electron chi connectivity index (χ3n) is 11.0. The Morgan fingerprint density at radius 1 is 1.12 bits per heavy atom. The first-order valence-corrected chi connectivity index (χ1v) is 17.1. The molecular formula is C36H45N5O7. The van der Waals surface area contributed by atoms with Crippen molar-refractivity contribution in [3.63, 3.8) is 0 Å². The van der Waals surface area contributed by atoms with E-state index in [9.17, 15) is 28.8 Å². The number of carbonyl (C=O) groups excluding carboxylic acids is 5. The lowest BCUT2D eigenvalue weighted by atomic mass is 9.60. The number of nitrogens with zero attached hydrogens (tertiary/aromatic N) is 1. The van der Waals surface area contributed by atoms with E-state index in [1.54, 1.807) is 19.1 Å². The molecule has 7 rings (SSSR count). The molecule has 12 nitrogen and oxygen atoms in total. The first-order chi connectivity index (χ1) is 22.9. The van der Waals surface area contributed by atoms with Gasteiger partial charge in [0.2, 0.25) is 17.6 Å². The highest BCUT2D eigenvalue weighted by atomic mass is 16.4. The molecule has 4 fully saturated rings. The largest absolute Gasteiger partial charge is 0.451 e. The number of likely N-dealkylation sites (N-methyl/N-ethyl adjacent to an activating group) is 1. The number of aromatic nitrogens is 1. The average Bonchev–Trinajstić information content (AvgIpc) is 3.30. The van der Waals surface area contributed by atoms with Gasteiger partial charge < -0.3 is 30.3 Å². The second-order valence-electron chi connectivity index (χ2n) is 14.5. The minimum absolute atomic E-state index is 0.0546. The molecule has 2 aromatic rings. The third-order valence-corrected chi connectivity index (χ3v) is 11.0. The Labute approximate surface area is 279 Å². The molecule has 4 bridgehead atoms. The number of hydrogen-bond acceptors (Lipinski definition) is 7. The molecule has 5 aliphatic carbocycles. The van der Waals surface area contributed by atoms with Crippen LogP contribution >= 0.6 is 0 Å². The summed E-state index contributed by atoms with van der Waals surface area (Å²) >= 11 is 0. The molecule has 5 unspecified atom stereocenters. The zero-order chi connectivity index (χ0) is 34.2. The molecule has 4 N–H and O–H groups in total. The van der Waals surface area contributed by atoms with Crippen LogP contribution in [0, 0.1) is 30.1 Å². The first-order valence-electron chi connectivity index (χ1n) is 17.1. The van der Waals surface area contributed by atoms with E-state index in [-0.39, 0.29) is 42.8 Å². The van der Waals surface area contributed by atoms with Crippen molar-refractivity contribution >= 4 is 41.2 Å². The fourth-order valence-corrected chi connectivity index (χ4v) is 8.73. The molecule has 0 radical (unpaired) electrons. The second-order valence-corrected chi connectivity index (χ2v) is 14.5. The van der Waals surface area contributed by atoms with E-state index in [2.05, 4.69) is 28.2 Å². The maximum atomic E-state index is 13.6. The van der Waals surface area contributed by atoms with Crippen molar-refractivity contribution in [2.45, 2.75) is 96.7 Å². The monoisotopic (exact) mass is 659 g/mol. The molecule has 0 saturated heterocycles. The highest BCUT2D eigenvalue weighted by Gasteiger charge is 2.50. The van der Waals surface area contributed by atoms with Crippen LogP contribution in [0.5, 0.6) is 0 Å². The van der Waals surface area contributed by atoms with Crippen molar-refractivity contribution in [2.75, 3.05) is 12.4 Å². The molecule has 0 aliphatic heterocycles. The van der Waals surface area contributed by atoms with Crippen molar-refractivity contribution in [1.82, 2.24) is 20.5 Å². The van der Waals surface area contributed by atoms with Gasteiger partial charge in [-0.15, -0.1) is 0 Å². The minimum Gasteiger partial charge on any atom is -0.451 e. The van der Waals surface area contributed by atoms with Crippen molar-refractivity contribution in [2.24, 2.45) is 23.2 Å². The number of nitrogens with one attached hydrogen (secondary N) is 4. The van der Waals surface area contributed by atoms with Crippen molar-refractivity contribution in [1.29, 1.82) is 0 Å². The van der Waals surface area contributed by atoms with Gasteiger partial charge in [0.05, 0.1) is 0 Å². The molecule has 256 valence electrons. The van der Waals surface area contributed by atoms with Gasteiger partial charge in [0.25, 0.3) is 17.4 Å². The average molecular weight is 660 g/mol. The molecule has 0 aromatic carbocycles. The molecule has 2 heterocycles. The van der Waals surface area contributed by atoms with Crippen molar-refractivity contribution in [3.8, 4) is 0 Å². The van der Waals surface area contributed by atoms with Crippen LogP contribution in [0.15, 0.2) is 33.6 Å². The number of amides is 4. The van der Waals surface area contributed by atoms with E-state index < -0.39 is 35.1 Å². The molecule has 48 heavy (non-hydrogen) atoms. The van der Waals surface area contributed by atoms with Gasteiger partial charge in [-0.1, -0.05) is 13.0 Å². The molecule has 0 spiro atoms. The zero-order valence-electron chi connectivity index (χ0n) is 27.9. The maximum absolute atomic E-state index is 13.6. The summed E-state index contributed by atoms with van der Waals surface area (Å²) < 4.78 is 7.05. The fourth-order valence-electron chi connectivity index (χ4n) is 8.73. The zero-order valence-corrected chi connectivity index (χ0v) is 27.9. The maximum Gasteiger partial charge on any atom is 0.287 e. The quantitative estimate of drug-likeness (QED) is 0.269. The van der Waals surface area contributed by atoms with E-state index in [0.717, 1.165) is 50.0 Å². The van der Waals surface area contributed by atoms with Crippen LogP contribution in [-0.4, -0.2) is 53.1 Å². The lowest BCUT2D eigenvalue weighted by Gasteiger charge is -2.47. The molecule has 12 heteroatoms. The van der Waals surface area contributed by atoms with Gasteiger partial charge in [-0.25, -0.2) is 0 Å². The summed E-state index contributed by atoms with van der Waals surface area (Å²) in [5, 5.41) is 10.7. The lowest BCUT2D eigenvalue weighted by molar-refractivity contribution is -0.137. The number of allylic oxidation sites excluding steroid dienone is 1. The van der Waals surface area contributed by atoms with E-state index in [1.165, 1.54) is 36.7 Å². The highest BCUT2D eigenvalue weighted by Crippen LogP contribution is 2.56. The van der Waals surface area contributed by atoms with Crippen LogP contribution in [0.1, 0.15) is 92.2 Å². The van der Waals surface area contributed by atoms with Crippen LogP contribution in [0.2, 0.25) is 0 Å². The lowest BCUT2D eigenvalue weighted by Crippen LogP contribution is -2.51. The number of fused-ring (bicyclic) bond motifs is 2. The fraction of sp³-hybridized carbons (Fsp3) is 0.556. The molecule has 6 atom stereocenters. The van der Waals surface area contributed by atoms with E-state index >= 15 is 0 Å².